The van der Waals surface area contributed by atoms with Gasteiger partial charge in [0.2, 0.25) is 10.0 Å². The van der Waals surface area contributed by atoms with Crippen molar-refractivity contribution in [3.63, 3.8) is 0 Å². The van der Waals surface area contributed by atoms with Gasteiger partial charge in [0.15, 0.2) is 5.65 Å². The Hall–Kier alpha value is -3.95. The number of hydrogen-bond acceptors (Lipinski definition) is 10. The fourth-order valence-corrected chi connectivity index (χ4v) is 10.5. The molecule has 0 amide bonds. The number of aryl methyl sites for hydroxylation is 4. The maximum absolute atomic E-state index is 14.9. The molecule has 0 saturated carbocycles. The van der Waals surface area contributed by atoms with E-state index in [0.717, 1.165) is 90.7 Å². The Morgan fingerprint density at radius 3 is 2.42 bits per heavy atom. The summed E-state index contributed by atoms with van der Waals surface area (Å²) in [7, 11) is -3.99. The molecule has 13 nitrogen and oxygen atoms in total. The SMILES string of the molecule is Cc1ccc([C@H](c2ccn3c(C)nnc3c2C)C(C)(C)C(=O)O)cc1CN1CC2(CCOCC2)Cc2nc(NC(C)CN3CCOCC3)c(C)cc2S1(=O)=O. The molecule has 55 heavy (non-hydrogen) atoms. The van der Waals surface area contributed by atoms with E-state index in [9.17, 15) is 18.3 Å². The zero-order valence-corrected chi connectivity index (χ0v) is 34.0. The average Bonchev–Trinajstić information content (AvgIpc) is 3.49. The molecule has 2 atom stereocenters. The Balaban J connectivity index is 1.26. The van der Waals surface area contributed by atoms with Crippen molar-refractivity contribution in [3.05, 3.63) is 81.4 Å². The second kappa shape index (κ2) is 15.2. The third-order valence-electron chi connectivity index (χ3n) is 12.2. The molecule has 2 N–H and O–H groups in total. The molecular formula is C41H55N7O6S. The molecule has 1 unspecified atom stereocenters. The van der Waals surface area contributed by atoms with Crippen molar-refractivity contribution < 1.29 is 27.8 Å². The number of carboxylic acids is 1. The number of anilines is 1. The summed E-state index contributed by atoms with van der Waals surface area (Å²) in [5.41, 5.74) is 4.74. The molecule has 3 aromatic heterocycles. The van der Waals surface area contributed by atoms with E-state index in [2.05, 4.69) is 27.3 Å². The van der Waals surface area contributed by atoms with Gasteiger partial charge < -0.3 is 19.9 Å². The van der Waals surface area contributed by atoms with Crippen LogP contribution in [0.15, 0.2) is 41.4 Å². The van der Waals surface area contributed by atoms with Gasteiger partial charge in [-0.25, -0.2) is 13.4 Å². The van der Waals surface area contributed by atoms with Crippen LogP contribution in [0.4, 0.5) is 5.82 Å². The van der Waals surface area contributed by atoms with Crippen molar-refractivity contribution in [1.29, 1.82) is 0 Å². The van der Waals surface area contributed by atoms with Crippen LogP contribution in [0.1, 0.15) is 84.4 Å². The highest BCUT2D eigenvalue weighted by Crippen LogP contribution is 2.45. The molecule has 2 fully saturated rings. The molecule has 7 rings (SSSR count). The van der Waals surface area contributed by atoms with Crippen LogP contribution < -0.4 is 5.32 Å². The van der Waals surface area contributed by atoms with Crippen LogP contribution in [-0.2, 0) is 37.3 Å². The lowest BCUT2D eigenvalue weighted by Crippen LogP contribution is -2.43. The van der Waals surface area contributed by atoms with Gasteiger partial charge in [0.1, 0.15) is 16.5 Å². The van der Waals surface area contributed by atoms with Crippen LogP contribution >= 0.6 is 0 Å². The summed E-state index contributed by atoms with van der Waals surface area (Å²) in [5.74, 6) is -0.0270. The summed E-state index contributed by atoms with van der Waals surface area (Å²) in [6.07, 6.45) is 3.87. The van der Waals surface area contributed by atoms with Crippen molar-refractivity contribution >= 4 is 27.5 Å². The third-order valence-corrected chi connectivity index (χ3v) is 14.0. The number of carboxylic acid groups (broad SMARTS) is 1. The minimum absolute atomic E-state index is 0.106. The number of fused-ring (bicyclic) bond motifs is 2. The van der Waals surface area contributed by atoms with Gasteiger partial charge in [-0.2, -0.15) is 4.31 Å². The smallest absolute Gasteiger partial charge is 0.310 e. The average molecular weight is 774 g/mol. The number of aliphatic carboxylic acids is 1. The number of ether oxygens (including phenoxy) is 2. The molecule has 0 radical (unpaired) electrons. The zero-order chi connectivity index (χ0) is 39.3. The van der Waals surface area contributed by atoms with Gasteiger partial charge in [-0.05, 0) is 119 Å². The predicted molar refractivity (Wildman–Crippen MR) is 210 cm³/mol. The highest BCUT2D eigenvalue weighted by Gasteiger charge is 2.45. The van der Waals surface area contributed by atoms with Crippen LogP contribution in [0.2, 0.25) is 0 Å². The molecule has 3 aliphatic heterocycles. The first kappa shape index (κ1) is 39.3. The maximum atomic E-state index is 14.9. The van der Waals surface area contributed by atoms with Gasteiger partial charge in [-0.15, -0.1) is 10.2 Å². The number of nitrogens with zero attached hydrogens (tertiary/aromatic N) is 6. The summed E-state index contributed by atoms with van der Waals surface area (Å²) in [5, 5.41) is 22.8. The van der Waals surface area contributed by atoms with Gasteiger partial charge in [0, 0.05) is 64.1 Å². The Bertz CT molecular complexity index is 2190. The summed E-state index contributed by atoms with van der Waals surface area (Å²) in [6.45, 7) is 19.0. The van der Waals surface area contributed by atoms with E-state index >= 15 is 0 Å². The molecule has 0 bridgehead atoms. The third kappa shape index (κ3) is 7.63. The van der Waals surface area contributed by atoms with Gasteiger partial charge >= 0.3 is 5.97 Å². The lowest BCUT2D eigenvalue weighted by Gasteiger charge is -2.38. The predicted octanol–water partition coefficient (Wildman–Crippen LogP) is 5.28. The van der Waals surface area contributed by atoms with E-state index in [-0.39, 0.29) is 22.9 Å². The first-order valence-corrected chi connectivity index (χ1v) is 20.8. The van der Waals surface area contributed by atoms with Crippen molar-refractivity contribution in [2.24, 2.45) is 10.8 Å². The quantitative estimate of drug-likeness (QED) is 0.217. The van der Waals surface area contributed by atoms with E-state index in [1.807, 2.05) is 62.6 Å². The lowest BCUT2D eigenvalue weighted by atomic mass is 9.70. The fourth-order valence-electron chi connectivity index (χ4n) is 8.73. The Labute approximate surface area is 324 Å². The Morgan fingerprint density at radius 2 is 1.71 bits per heavy atom. The molecule has 1 spiro atoms. The number of aromatic nitrogens is 4. The number of benzene rings is 1. The minimum atomic E-state index is -3.99. The number of sulfonamides is 1. The normalized spacial score (nSPS) is 20.2. The van der Waals surface area contributed by atoms with Crippen molar-refractivity contribution in [3.8, 4) is 0 Å². The van der Waals surface area contributed by atoms with Crippen LogP contribution in [0.5, 0.6) is 0 Å². The highest BCUT2D eigenvalue weighted by atomic mass is 32.2. The highest BCUT2D eigenvalue weighted by molar-refractivity contribution is 7.89. The summed E-state index contributed by atoms with van der Waals surface area (Å²) in [6, 6.07) is 9.83. The molecule has 1 aromatic carbocycles. The minimum Gasteiger partial charge on any atom is -0.481 e. The summed E-state index contributed by atoms with van der Waals surface area (Å²) < 4.78 is 44.7. The Morgan fingerprint density at radius 1 is 1.00 bits per heavy atom. The number of carbonyl (C=O) groups is 1. The van der Waals surface area contributed by atoms with Crippen molar-refractivity contribution in [2.75, 3.05) is 57.9 Å². The summed E-state index contributed by atoms with van der Waals surface area (Å²) >= 11 is 0. The Kier molecular flexibility index (Phi) is 10.8. The van der Waals surface area contributed by atoms with Gasteiger partial charge in [0.25, 0.3) is 0 Å². The molecule has 14 heteroatoms. The van der Waals surface area contributed by atoms with Gasteiger partial charge in [-0.3, -0.25) is 14.1 Å². The number of pyridine rings is 2. The lowest BCUT2D eigenvalue weighted by molar-refractivity contribution is -0.147. The number of morpholine rings is 1. The first-order chi connectivity index (χ1) is 26.1. The molecule has 4 aromatic rings. The van der Waals surface area contributed by atoms with E-state index < -0.39 is 27.3 Å². The molecule has 6 heterocycles. The molecular weight excluding hydrogens is 719 g/mol. The molecule has 2 saturated heterocycles. The van der Waals surface area contributed by atoms with Crippen LogP contribution in [-0.4, -0.2) is 107 Å². The van der Waals surface area contributed by atoms with E-state index in [0.29, 0.717) is 37.5 Å². The van der Waals surface area contributed by atoms with E-state index in [4.69, 9.17) is 14.5 Å². The van der Waals surface area contributed by atoms with Crippen molar-refractivity contribution in [2.45, 2.75) is 91.1 Å². The van der Waals surface area contributed by atoms with E-state index in [1.165, 1.54) is 0 Å². The first-order valence-electron chi connectivity index (χ1n) is 19.4. The fraction of sp³-hybridized carbons (Fsp3) is 0.561. The van der Waals surface area contributed by atoms with Crippen LogP contribution in [0, 0.1) is 38.5 Å². The standard InChI is InChI=1S/C41H55N7O6S/c1-26-8-9-31(36(40(6,7)39(49)50)33-10-13-48-30(5)44-45-38(48)29(33)4)21-32(26)24-47-25-41(11-16-53-17-12-41)22-34-35(55(47,51)52)20-27(2)37(43-34)42-28(3)23-46-14-18-54-19-15-46/h8-10,13,20-21,28,36H,11-12,14-19,22-25H2,1-7H3,(H,42,43)(H,49,50)/t28?,36-/m1/s1. The van der Waals surface area contributed by atoms with Crippen molar-refractivity contribution in [1.82, 2.24) is 28.8 Å². The molecule has 3 aliphatic rings. The second-order valence-corrected chi connectivity index (χ2v) is 18.5. The largest absolute Gasteiger partial charge is 0.481 e. The number of rotatable bonds is 10. The van der Waals surface area contributed by atoms with Gasteiger partial charge in [-0.1, -0.05) is 18.2 Å². The summed E-state index contributed by atoms with van der Waals surface area (Å²) in [4.78, 5) is 20.6. The topological polar surface area (TPSA) is 151 Å². The number of hydrogen-bond donors (Lipinski definition) is 2. The zero-order valence-electron chi connectivity index (χ0n) is 33.2. The monoisotopic (exact) mass is 773 g/mol. The maximum Gasteiger partial charge on any atom is 0.310 e. The van der Waals surface area contributed by atoms with Crippen LogP contribution in [0.3, 0.4) is 0 Å². The molecule has 0 aliphatic carbocycles. The number of nitrogens with one attached hydrogen (secondary N) is 1. The van der Waals surface area contributed by atoms with Crippen LogP contribution in [0.25, 0.3) is 5.65 Å². The second-order valence-electron chi connectivity index (χ2n) is 16.6. The van der Waals surface area contributed by atoms with Gasteiger partial charge in [0.05, 0.1) is 24.3 Å². The molecule has 296 valence electrons. The van der Waals surface area contributed by atoms with E-state index in [1.54, 1.807) is 24.2 Å².